The lowest BCUT2D eigenvalue weighted by Crippen LogP contribution is -2.41. The maximum atomic E-state index is 12.4. The van der Waals surface area contributed by atoms with Crippen LogP contribution in [0.15, 0.2) is 77.3 Å². The minimum atomic E-state index is -0.434. The van der Waals surface area contributed by atoms with Crippen LogP contribution >= 0.6 is 15.9 Å². The molecule has 2 N–H and O–H groups in total. The van der Waals surface area contributed by atoms with E-state index in [2.05, 4.69) is 52.8 Å². The molecule has 3 aromatic rings. The molecule has 0 saturated heterocycles. The van der Waals surface area contributed by atoms with Crippen LogP contribution in [0.3, 0.4) is 0 Å². The molecule has 7 heteroatoms. The number of nitrogens with one attached hydrogen (secondary N) is 2. The highest BCUT2D eigenvalue weighted by molar-refractivity contribution is 9.10. The molecule has 0 bridgehead atoms. The van der Waals surface area contributed by atoms with Crippen molar-refractivity contribution in [3.8, 4) is 11.5 Å². The Kier molecular flexibility index (Phi) is 8.89. The Morgan fingerprint density at radius 1 is 0.848 bits per heavy atom. The van der Waals surface area contributed by atoms with Crippen molar-refractivity contribution >= 4 is 27.7 Å². The average molecular weight is 511 g/mol. The third kappa shape index (κ3) is 7.64. The summed E-state index contributed by atoms with van der Waals surface area (Å²) in [4.78, 5) is 24.8. The van der Waals surface area contributed by atoms with Gasteiger partial charge in [-0.15, -0.1) is 0 Å². The van der Waals surface area contributed by atoms with Gasteiger partial charge in [-0.05, 0) is 69.9 Å². The van der Waals surface area contributed by atoms with Gasteiger partial charge in [-0.2, -0.15) is 0 Å². The topological polar surface area (TPSA) is 76.7 Å². The van der Waals surface area contributed by atoms with Crippen LogP contribution in [-0.2, 0) is 6.42 Å². The van der Waals surface area contributed by atoms with Crippen LogP contribution in [0.2, 0.25) is 0 Å². The molecule has 0 fully saturated rings. The molecule has 0 radical (unpaired) electrons. The Morgan fingerprint density at radius 2 is 1.48 bits per heavy atom. The molecule has 6 nitrogen and oxygen atoms in total. The first kappa shape index (κ1) is 24.3. The lowest BCUT2D eigenvalue weighted by molar-refractivity contribution is 0.0846. The van der Waals surface area contributed by atoms with Crippen LogP contribution in [-0.4, -0.2) is 25.0 Å². The lowest BCUT2D eigenvalue weighted by Gasteiger charge is -2.11. The van der Waals surface area contributed by atoms with Crippen molar-refractivity contribution in [2.45, 2.75) is 20.3 Å². The van der Waals surface area contributed by atoms with E-state index in [0.29, 0.717) is 46.2 Å². The molecule has 0 heterocycles. The summed E-state index contributed by atoms with van der Waals surface area (Å²) in [6.45, 7) is 5.25. The van der Waals surface area contributed by atoms with Gasteiger partial charge in [0.1, 0.15) is 11.5 Å². The smallest absolute Gasteiger partial charge is 0.269 e. The van der Waals surface area contributed by atoms with Gasteiger partial charge in [-0.25, -0.2) is 0 Å². The van der Waals surface area contributed by atoms with E-state index in [1.54, 1.807) is 42.5 Å². The predicted molar refractivity (Wildman–Crippen MR) is 131 cm³/mol. The van der Waals surface area contributed by atoms with E-state index >= 15 is 0 Å². The van der Waals surface area contributed by atoms with Gasteiger partial charge in [-0.1, -0.05) is 44.2 Å². The minimum Gasteiger partial charge on any atom is -0.493 e. The second-order valence-electron chi connectivity index (χ2n) is 7.87. The molecule has 0 spiro atoms. The fourth-order valence-electron chi connectivity index (χ4n) is 2.91. The van der Waals surface area contributed by atoms with E-state index in [9.17, 15) is 9.59 Å². The molecule has 33 heavy (non-hydrogen) atoms. The summed E-state index contributed by atoms with van der Waals surface area (Å²) in [6.07, 6.45) is 0.784. The van der Waals surface area contributed by atoms with E-state index in [4.69, 9.17) is 9.47 Å². The van der Waals surface area contributed by atoms with E-state index in [0.717, 1.165) is 6.42 Å². The second kappa shape index (κ2) is 12.1. The lowest BCUT2D eigenvalue weighted by atomic mass is 10.2. The molecular weight excluding hydrogens is 484 g/mol. The van der Waals surface area contributed by atoms with Gasteiger partial charge in [0.05, 0.1) is 17.7 Å². The quantitative estimate of drug-likeness (QED) is 0.388. The van der Waals surface area contributed by atoms with E-state index in [-0.39, 0.29) is 0 Å². The normalized spacial score (nSPS) is 10.5. The summed E-state index contributed by atoms with van der Waals surface area (Å²) in [5.41, 5.74) is 6.85. The van der Waals surface area contributed by atoms with Gasteiger partial charge < -0.3 is 9.47 Å². The third-order valence-corrected chi connectivity index (χ3v) is 5.29. The number of carbonyl (C=O) groups excluding carboxylic acids is 2. The van der Waals surface area contributed by atoms with Crippen molar-refractivity contribution in [2.75, 3.05) is 13.2 Å². The summed E-state index contributed by atoms with van der Waals surface area (Å²) >= 11 is 3.44. The SMILES string of the molecule is CC(C)COc1ccc(C(=O)NNC(=O)c2ccc(OCCc3ccccc3)c(Br)c2)cc1. The van der Waals surface area contributed by atoms with Gasteiger partial charge in [-0.3, -0.25) is 20.4 Å². The first-order valence-electron chi connectivity index (χ1n) is 10.7. The molecule has 172 valence electrons. The molecular formula is C26H27BrN2O4. The van der Waals surface area contributed by atoms with Crippen molar-refractivity contribution in [2.24, 2.45) is 5.92 Å². The van der Waals surface area contributed by atoms with Crippen LogP contribution in [0.5, 0.6) is 11.5 Å². The van der Waals surface area contributed by atoms with Crippen molar-refractivity contribution < 1.29 is 19.1 Å². The van der Waals surface area contributed by atoms with Crippen LogP contribution in [0.4, 0.5) is 0 Å². The summed E-state index contributed by atoms with van der Waals surface area (Å²) in [6, 6.07) is 21.8. The molecule has 3 aromatic carbocycles. The Labute approximate surface area is 202 Å². The second-order valence-corrected chi connectivity index (χ2v) is 8.72. The highest BCUT2D eigenvalue weighted by atomic mass is 79.9. The Hall–Kier alpha value is -3.32. The van der Waals surface area contributed by atoms with Gasteiger partial charge in [0.15, 0.2) is 0 Å². The van der Waals surface area contributed by atoms with Gasteiger partial charge in [0.25, 0.3) is 11.8 Å². The van der Waals surface area contributed by atoms with Gasteiger partial charge in [0.2, 0.25) is 0 Å². The number of ether oxygens (including phenoxy) is 2. The third-order valence-electron chi connectivity index (χ3n) is 4.67. The van der Waals surface area contributed by atoms with Crippen LogP contribution in [0.1, 0.15) is 40.1 Å². The number of hydrogen-bond donors (Lipinski definition) is 2. The number of rotatable bonds is 9. The highest BCUT2D eigenvalue weighted by Gasteiger charge is 2.12. The predicted octanol–water partition coefficient (Wildman–Crippen LogP) is 5.18. The number of benzene rings is 3. The summed E-state index contributed by atoms with van der Waals surface area (Å²) in [5, 5.41) is 0. The zero-order valence-corrected chi connectivity index (χ0v) is 20.2. The number of hydrazine groups is 1. The van der Waals surface area contributed by atoms with Crippen LogP contribution in [0.25, 0.3) is 0 Å². The summed E-state index contributed by atoms with van der Waals surface area (Å²) in [5.74, 6) is 0.903. The summed E-state index contributed by atoms with van der Waals surface area (Å²) < 4.78 is 12.1. The monoisotopic (exact) mass is 510 g/mol. The van der Waals surface area contributed by atoms with Gasteiger partial charge in [0, 0.05) is 17.5 Å². The fourth-order valence-corrected chi connectivity index (χ4v) is 3.40. The number of hydrogen-bond acceptors (Lipinski definition) is 4. The largest absolute Gasteiger partial charge is 0.493 e. The molecule has 2 amide bonds. The number of amides is 2. The number of carbonyl (C=O) groups is 2. The Morgan fingerprint density at radius 3 is 2.12 bits per heavy atom. The molecule has 0 atom stereocenters. The number of halogens is 1. The Bertz CT molecular complexity index is 1070. The van der Waals surface area contributed by atoms with Crippen molar-refractivity contribution in [3.05, 3.63) is 94.0 Å². The van der Waals surface area contributed by atoms with Crippen LogP contribution < -0.4 is 20.3 Å². The molecule has 0 aliphatic carbocycles. The molecule has 0 aliphatic rings. The van der Waals surface area contributed by atoms with Crippen LogP contribution in [0, 0.1) is 5.92 Å². The average Bonchev–Trinajstić information content (AvgIpc) is 2.83. The van der Waals surface area contributed by atoms with Crippen molar-refractivity contribution in [1.29, 1.82) is 0 Å². The highest BCUT2D eigenvalue weighted by Crippen LogP contribution is 2.26. The van der Waals surface area contributed by atoms with E-state index < -0.39 is 11.8 Å². The molecule has 0 unspecified atom stereocenters. The molecule has 0 aliphatic heterocycles. The van der Waals surface area contributed by atoms with Crippen molar-refractivity contribution in [3.63, 3.8) is 0 Å². The molecule has 0 saturated carbocycles. The van der Waals surface area contributed by atoms with Crippen molar-refractivity contribution in [1.82, 2.24) is 10.9 Å². The molecule has 3 rings (SSSR count). The maximum Gasteiger partial charge on any atom is 0.269 e. The first-order chi connectivity index (χ1) is 15.9. The fraction of sp³-hybridized carbons (Fsp3) is 0.231. The zero-order valence-electron chi connectivity index (χ0n) is 18.6. The van der Waals surface area contributed by atoms with E-state index in [1.807, 2.05) is 18.2 Å². The first-order valence-corrected chi connectivity index (χ1v) is 11.5. The Balaban J connectivity index is 1.48. The maximum absolute atomic E-state index is 12.4. The molecule has 0 aromatic heterocycles. The summed E-state index contributed by atoms with van der Waals surface area (Å²) in [7, 11) is 0. The van der Waals surface area contributed by atoms with Gasteiger partial charge >= 0.3 is 0 Å². The zero-order chi connectivity index (χ0) is 23.6. The van der Waals surface area contributed by atoms with E-state index in [1.165, 1.54) is 5.56 Å². The minimum absolute atomic E-state index is 0.384. The standard InChI is InChI=1S/C26H27BrN2O4/c1-18(2)17-33-22-11-8-20(9-12-22)25(30)28-29-26(31)21-10-13-24(23(27)16-21)32-15-14-19-6-4-3-5-7-19/h3-13,16,18H,14-15,17H2,1-2H3,(H,28,30)(H,29,31).